The number of benzene rings is 2. The van der Waals surface area contributed by atoms with Crippen molar-refractivity contribution in [1.29, 1.82) is 0 Å². The number of hydrogen-bond donors (Lipinski definition) is 1. The predicted octanol–water partition coefficient (Wildman–Crippen LogP) is 4.89. The van der Waals surface area contributed by atoms with Crippen LogP contribution in [0.1, 0.15) is 5.56 Å². The van der Waals surface area contributed by atoms with E-state index in [9.17, 15) is 4.39 Å². The lowest BCUT2D eigenvalue weighted by atomic mass is 10.2. The molecular weight excluding hydrogens is 383 g/mol. The van der Waals surface area contributed by atoms with E-state index >= 15 is 0 Å². The van der Waals surface area contributed by atoms with Gasteiger partial charge in [0.1, 0.15) is 23.6 Å². The topological polar surface area (TPSA) is 77.8 Å². The lowest BCUT2D eigenvalue weighted by Gasteiger charge is -2.12. The molecule has 0 fully saturated rings. The first-order valence-electron chi connectivity index (χ1n) is 9.30. The van der Waals surface area contributed by atoms with Crippen LogP contribution in [0.15, 0.2) is 61.3 Å². The maximum atomic E-state index is 13.6. The van der Waals surface area contributed by atoms with Gasteiger partial charge in [-0.15, -0.1) is 0 Å². The normalized spacial score (nSPS) is 11.2. The van der Waals surface area contributed by atoms with Gasteiger partial charge in [0.2, 0.25) is 5.95 Å². The van der Waals surface area contributed by atoms with E-state index in [2.05, 4.69) is 25.3 Å². The molecule has 30 heavy (non-hydrogen) atoms. The molecule has 7 nitrogen and oxygen atoms in total. The summed E-state index contributed by atoms with van der Waals surface area (Å²) in [6, 6.07) is 12.8. The Morgan fingerprint density at radius 1 is 0.967 bits per heavy atom. The molecule has 0 amide bonds. The number of aryl methyl sites for hydroxylation is 2. The van der Waals surface area contributed by atoms with Gasteiger partial charge in [-0.05, 0) is 42.8 Å². The third-order valence-corrected chi connectivity index (χ3v) is 4.85. The molecule has 1 N–H and O–H groups in total. The molecule has 0 bridgehead atoms. The third kappa shape index (κ3) is 3.28. The number of nitrogens with one attached hydrogen (secondary N) is 1. The lowest BCUT2D eigenvalue weighted by molar-refractivity contribution is 0.479. The second-order valence-electron chi connectivity index (χ2n) is 6.96. The number of imidazole rings is 1. The smallest absolute Gasteiger partial charge is 0.213 e. The maximum Gasteiger partial charge on any atom is 0.213 e. The Labute approximate surface area is 171 Å². The Kier molecular flexibility index (Phi) is 4.24. The molecule has 0 aliphatic rings. The number of fused-ring (bicyclic) bond motifs is 2. The first-order chi connectivity index (χ1) is 14.6. The summed E-state index contributed by atoms with van der Waals surface area (Å²) < 4.78 is 21.6. The number of rotatable bonds is 4. The summed E-state index contributed by atoms with van der Waals surface area (Å²) in [7, 11) is 1.96. The summed E-state index contributed by atoms with van der Waals surface area (Å²) in [5.74, 6) is 1.38. The summed E-state index contributed by atoms with van der Waals surface area (Å²) in [6.45, 7) is 1.96. The van der Waals surface area contributed by atoms with Crippen molar-refractivity contribution in [3.63, 3.8) is 0 Å². The number of pyridine rings is 1. The van der Waals surface area contributed by atoms with Gasteiger partial charge in [-0.25, -0.2) is 19.9 Å². The highest BCUT2D eigenvalue weighted by Crippen LogP contribution is 2.30. The van der Waals surface area contributed by atoms with Gasteiger partial charge in [-0.2, -0.15) is 4.39 Å². The van der Waals surface area contributed by atoms with Crippen LogP contribution in [-0.4, -0.2) is 24.5 Å². The van der Waals surface area contributed by atoms with E-state index in [0.717, 1.165) is 33.8 Å². The van der Waals surface area contributed by atoms with Crippen LogP contribution in [0.3, 0.4) is 0 Å². The fraction of sp³-hybridized carbons (Fsp3) is 0.0909. The first kappa shape index (κ1) is 18.0. The quantitative estimate of drug-likeness (QED) is 0.433. The second kappa shape index (κ2) is 7.07. The monoisotopic (exact) mass is 400 g/mol. The fourth-order valence-corrected chi connectivity index (χ4v) is 3.32. The molecule has 3 aromatic heterocycles. The van der Waals surface area contributed by atoms with Crippen LogP contribution in [0.25, 0.3) is 21.9 Å². The van der Waals surface area contributed by atoms with E-state index in [1.54, 1.807) is 6.33 Å². The molecule has 0 radical (unpaired) electrons. The number of hydrogen-bond acceptors (Lipinski definition) is 6. The molecule has 0 saturated carbocycles. The molecule has 0 spiro atoms. The van der Waals surface area contributed by atoms with Crippen LogP contribution >= 0.6 is 0 Å². The maximum absolute atomic E-state index is 13.6. The summed E-state index contributed by atoms with van der Waals surface area (Å²) in [5.41, 5.74) is 4.23. The van der Waals surface area contributed by atoms with Gasteiger partial charge < -0.3 is 14.6 Å². The van der Waals surface area contributed by atoms with Crippen molar-refractivity contribution < 1.29 is 9.13 Å². The molecule has 3 heterocycles. The van der Waals surface area contributed by atoms with E-state index in [-0.39, 0.29) is 0 Å². The number of halogens is 1. The van der Waals surface area contributed by atoms with Gasteiger partial charge in [0.05, 0.1) is 29.1 Å². The Morgan fingerprint density at radius 3 is 2.73 bits per heavy atom. The molecule has 2 aromatic carbocycles. The fourth-order valence-electron chi connectivity index (χ4n) is 3.32. The molecule has 0 atom stereocenters. The highest BCUT2D eigenvalue weighted by Gasteiger charge is 2.09. The Balaban J connectivity index is 1.41. The number of anilines is 2. The molecule has 0 aliphatic heterocycles. The molecule has 0 saturated heterocycles. The Morgan fingerprint density at radius 2 is 1.87 bits per heavy atom. The van der Waals surface area contributed by atoms with Crippen LogP contribution in [-0.2, 0) is 7.05 Å². The van der Waals surface area contributed by atoms with Crippen LogP contribution in [0, 0.1) is 12.9 Å². The van der Waals surface area contributed by atoms with E-state index in [0.29, 0.717) is 16.7 Å². The summed E-state index contributed by atoms with van der Waals surface area (Å²) >= 11 is 0. The predicted molar refractivity (Wildman–Crippen MR) is 113 cm³/mol. The average molecular weight is 400 g/mol. The molecule has 8 heteroatoms. The average Bonchev–Trinajstić information content (AvgIpc) is 3.11. The second-order valence-corrected chi connectivity index (χ2v) is 6.96. The molecule has 148 valence electrons. The number of nitrogens with zero attached hydrogens (tertiary/aromatic N) is 5. The van der Waals surface area contributed by atoms with Crippen molar-refractivity contribution in [2.75, 3.05) is 5.32 Å². The van der Waals surface area contributed by atoms with Gasteiger partial charge in [-0.1, -0.05) is 0 Å². The minimum atomic E-state index is -0.579. The van der Waals surface area contributed by atoms with Crippen LogP contribution < -0.4 is 10.1 Å². The van der Waals surface area contributed by atoms with Crippen LogP contribution in [0.2, 0.25) is 0 Å². The summed E-state index contributed by atoms with van der Waals surface area (Å²) in [5, 5.41) is 3.78. The van der Waals surface area contributed by atoms with E-state index in [1.165, 1.54) is 18.6 Å². The zero-order chi connectivity index (χ0) is 20.7. The highest BCUT2D eigenvalue weighted by atomic mass is 19.1. The highest BCUT2D eigenvalue weighted by molar-refractivity contribution is 5.90. The molecule has 5 aromatic rings. The van der Waals surface area contributed by atoms with E-state index in [4.69, 9.17) is 4.74 Å². The minimum absolute atomic E-state index is 0.509. The van der Waals surface area contributed by atoms with Crippen molar-refractivity contribution in [3.05, 3.63) is 72.8 Å². The molecule has 0 aliphatic carbocycles. The Hall–Kier alpha value is -4.07. The minimum Gasteiger partial charge on any atom is -0.457 e. The van der Waals surface area contributed by atoms with E-state index in [1.807, 2.05) is 54.9 Å². The van der Waals surface area contributed by atoms with Crippen molar-refractivity contribution in [3.8, 4) is 11.5 Å². The zero-order valence-electron chi connectivity index (χ0n) is 16.3. The van der Waals surface area contributed by atoms with Gasteiger partial charge >= 0.3 is 0 Å². The molecular formula is C22H17FN6O. The number of ether oxygens (including phenoxy) is 1. The van der Waals surface area contributed by atoms with Gasteiger partial charge in [0, 0.05) is 30.3 Å². The van der Waals surface area contributed by atoms with Crippen molar-refractivity contribution >= 4 is 33.4 Å². The van der Waals surface area contributed by atoms with Gasteiger partial charge in [0.25, 0.3) is 0 Å². The summed E-state index contributed by atoms with van der Waals surface area (Å²) in [4.78, 5) is 16.4. The molecule has 0 unspecified atom stereocenters. The van der Waals surface area contributed by atoms with Crippen LogP contribution in [0.4, 0.5) is 15.9 Å². The zero-order valence-corrected chi connectivity index (χ0v) is 16.3. The lowest BCUT2D eigenvalue weighted by Crippen LogP contribution is -1.98. The first-order valence-corrected chi connectivity index (χ1v) is 9.30. The standard InChI is InChI=1S/C22H17FN6O/c1-13-7-14(28-22-16-9-21(23)24-10-18(16)25-11-26-22)3-6-20(13)30-15-4-5-19-17(8-15)27-12-29(19)2/h3-12H,1-2H3,(H,25,26,28). The van der Waals surface area contributed by atoms with Gasteiger partial charge in [0.15, 0.2) is 0 Å². The van der Waals surface area contributed by atoms with Crippen molar-refractivity contribution in [2.45, 2.75) is 6.92 Å². The van der Waals surface area contributed by atoms with Crippen LogP contribution in [0.5, 0.6) is 11.5 Å². The SMILES string of the molecule is Cc1cc(Nc2ncnc3cnc(F)cc23)ccc1Oc1ccc2c(c1)ncn2C. The third-order valence-electron chi connectivity index (χ3n) is 4.85. The van der Waals surface area contributed by atoms with Crippen molar-refractivity contribution in [2.24, 2.45) is 7.05 Å². The Bertz CT molecular complexity index is 1400. The van der Waals surface area contributed by atoms with E-state index < -0.39 is 5.95 Å². The number of aromatic nitrogens is 5. The van der Waals surface area contributed by atoms with Crippen molar-refractivity contribution in [1.82, 2.24) is 24.5 Å². The van der Waals surface area contributed by atoms with Gasteiger partial charge in [-0.3, -0.25) is 0 Å². The molecule has 5 rings (SSSR count). The largest absolute Gasteiger partial charge is 0.457 e. The summed E-state index contributed by atoms with van der Waals surface area (Å²) in [6.07, 6.45) is 4.58.